The Bertz CT molecular complexity index is 970. The topological polar surface area (TPSA) is 42.4 Å². The van der Waals surface area contributed by atoms with Crippen molar-refractivity contribution >= 4 is 11.5 Å². The summed E-state index contributed by atoms with van der Waals surface area (Å²) in [6.07, 6.45) is 9.47. The minimum Gasteiger partial charge on any atom is -0.497 e. The van der Waals surface area contributed by atoms with Crippen LogP contribution in [0, 0.1) is 6.92 Å². The van der Waals surface area contributed by atoms with Gasteiger partial charge >= 0.3 is 0 Å². The molecular formula is C22H20N2O2. The number of allylic oxidation sites excluding steroid dienone is 2. The van der Waals surface area contributed by atoms with E-state index in [9.17, 15) is 4.79 Å². The molecule has 0 radical (unpaired) electrons. The van der Waals surface area contributed by atoms with Crippen molar-refractivity contribution in [3.8, 4) is 5.75 Å². The molecule has 0 bridgehead atoms. The van der Waals surface area contributed by atoms with Gasteiger partial charge in [0.25, 0.3) is 0 Å². The number of ether oxygens (including phenoxy) is 1. The van der Waals surface area contributed by atoms with E-state index < -0.39 is 5.54 Å². The fourth-order valence-electron chi connectivity index (χ4n) is 3.57. The fraction of sp³-hybridized carbons (Fsp3) is 0.182. The van der Waals surface area contributed by atoms with Crippen LogP contribution in [0.3, 0.4) is 0 Å². The molecule has 0 fully saturated rings. The molecule has 1 unspecified atom stereocenters. The summed E-state index contributed by atoms with van der Waals surface area (Å²) in [7, 11) is 1.64. The third kappa shape index (κ3) is 2.37. The second-order valence-corrected chi connectivity index (χ2v) is 6.68. The van der Waals surface area contributed by atoms with Crippen LogP contribution in [0.15, 0.2) is 72.6 Å². The van der Waals surface area contributed by atoms with Crippen LogP contribution in [0.25, 0.3) is 5.70 Å². The predicted octanol–water partition coefficient (Wildman–Crippen LogP) is 3.99. The van der Waals surface area contributed by atoms with Crippen molar-refractivity contribution in [3.63, 3.8) is 0 Å². The minimum atomic E-state index is -0.917. The summed E-state index contributed by atoms with van der Waals surface area (Å²) in [5.41, 5.74) is 3.77. The van der Waals surface area contributed by atoms with Crippen LogP contribution in [0.5, 0.6) is 5.75 Å². The van der Waals surface area contributed by atoms with Crippen molar-refractivity contribution in [3.05, 3.63) is 89.4 Å². The number of aryl methyl sites for hydroxylation is 1. The number of benzene rings is 1. The first kappa shape index (κ1) is 16.3. The van der Waals surface area contributed by atoms with Crippen LogP contribution in [-0.4, -0.2) is 22.8 Å². The SMILES string of the molecule is COc1ccc(C2=CC(=O)C3(c4cc(C)ccn4)C=C(C)C=CN23)cc1. The standard InChI is InChI=1S/C22H20N2O2/c1-15-8-10-23-20(12-15)22-14-16(2)9-11-24(22)19(13-21(22)25)17-4-6-18(26-3)7-5-17/h4-14H,1-3H3. The molecule has 2 aliphatic heterocycles. The van der Waals surface area contributed by atoms with Gasteiger partial charge in [-0.2, -0.15) is 0 Å². The summed E-state index contributed by atoms with van der Waals surface area (Å²) < 4.78 is 5.24. The Labute approximate surface area is 153 Å². The molecule has 4 rings (SSSR count). The van der Waals surface area contributed by atoms with E-state index in [4.69, 9.17) is 4.74 Å². The van der Waals surface area contributed by atoms with Crippen molar-refractivity contribution < 1.29 is 9.53 Å². The van der Waals surface area contributed by atoms with Crippen LogP contribution in [0.2, 0.25) is 0 Å². The zero-order valence-corrected chi connectivity index (χ0v) is 15.1. The first-order valence-corrected chi connectivity index (χ1v) is 8.55. The number of carbonyl (C=O) groups excluding carboxylic acids is 1. The molecule has 0 saturated heterocycles. The maximum absolute atomic E-state index is 13.2. The lowest BCUT2D eigenvalue weighted by Crippen LogP contribution is -2.44. The van der Waals surface area contributed by atoms with Gasteiger partial charge in [0.1, 0.15) is 5.75 Å². The summed E-state index contributed by atoms with van der Waals surface area (Å²) in [5.74, 6) is 0.806. The Balaban J connectivity index is 1.86. The normalized spacial score (nSPS) is 21.3. The molecule has 4 nitrogen and oxygen atoms in total. The van der Waals surface area contributed by atoms with Gasteiger partial charge in [-0.1, -0.05) is 5.57 Å². The van der Waals surface area contributed by atoms with E-state index in [0.717, 1.165) is 33.8 Å². The van der Waals surface area contributed by atoms with Gasteiger partial charge in [0.15, 0.2) is 11.3 Å². The molecule has 0 spiro atoms. The smallest absolute Gasteiger partial charge is 0.193 e. The number of pyridine rings is 1. The zero-order chi connectivity index (χ0) is 18.3. The molecule has 4 heteroatoms. The van der Waals surface area contributed by atoms with E-state index in [2.05, 4.69) is 4.98 Å². The van der Waals surface area contributed by atoms with Crippen molar-refractivity contribution in [2.45, 2.75) is 19.4 Å². The highest BCUT2D eigenvalue weighted by Crippen LogP contribution is 2.45. The Morgan fingerprint density at radius 1 is 1.12 bits per heavy atom. The maximum atomic E-state index is 13.2. The van der Waals surface area contributed by atoms with E-state index in [-0.39, 0.29) is 5.78 Å². The lowest BCUT2D eigenvalue weighted by molar-refractivity contribution is -0.120. The lowest BCUT2D eigenvalue weighted by Gasteiger charge is -2.38. The third-order valence-electron chi connectivity index (χ3n) is 4.90. The molecule has 1 atom stereocenters. The van der Waals surface area contributed by atoms with Crippen molar-refractivity contribution in [2.24, 2.45) is 0 Å². The Morgan fingerprint density at radius 3 is 2.58 bits per heavy atom. The summed E-state index contributed by atoms with van der Waals surface area (Å²) >= 11 is 0. The molecule has 130 valence electrons. The van der Waals surface area contributed by atoms with Crippen molar-refractivity contribution in [1.29, 1.82) is 0 Å². The maximum Gasteiger partial charge on any atom is 0.193 e. The molecule has 26 heavy (non-hydrogen) atoms. The molecule has 2 aromatic rings. The molecule has 0 N–H and O–H groups in total. The Hall–Kier alpha value is -3.14. The lowest BCUT2D eigenvalue weighted by atomic mass is 9.85. The van der Waals surface area contributed by atoms with Gasteiger partial charge in [0.2, 0.25) is 0 Å². The molecule has 2 aliphatic rings. The molecule has 0 amide bonds. The highest BCUT2D eigenvalue weighted by Gasteiger charge is 2.50. The minimum absolute atomic E-state index is 0.0186. The van der Waals surface area contributed by atoms with Crippen LogP contribution in [0.1, 0.15) is 23.7 Å². The van der Waals surface area contributed by atoms with Crippen LogP contribution in [-0.2, 0) is 10.3 Å². The van der Waals surface area contributed by atoms with Gasteiger partial charge in [0, 0.05) is 18.5 Å². The number of ketones is 1. The van der Waals surface area contributed by atoms with E-state index >= 15 is 0 Å². The predicted molar refractivity (Wildman–Crippen MR) is 101 cm³/mol. The number of hydrogen-bond acceptors (Lipinski definition) is 4. The molecule has 3 heterocycles. The zero-order valence-electron chi connectivity index (χ0n) is 15.1. The van der Waals surface area contributed by atoms with Crippen LogP contribution < -0.4 is 4.74 Å². The monoisotopic (exact) mass is 344 g/mol. The van der Waals surface area contributed by atoms with Gasteiger partial charge < -0.3 is 9.64 Å². The number of carbonyl (C=O) groups is 1. The number of rotatable bonds is 3. The number of fused-ring (bicyclic) bond motifs is 1. The van der Waals surface area contributed by atoms with E-state index in [0.29, 0.717) is 0 Å². The first-order chi connectivity index (χ1) is 12.5. The quantitative estimate of drug-likeness (QED) is 0.844. The molecule has 1 aromatic carbocycles. The average Bonchev–Trinajstić information content (AvgIpc) is 2.95. The van der Waals surface area contributed by atoms with Crippen molar-refractivity contribution in [2.75, 3.05) is 7.11 Å². The van der Waals surface area contributed by atoms with Crippen LogP contribution in [0.4, 0.5) is 0 Å². The highest BCUT2D eigenvalue weighted by atomic mass is 16.5. The van der Waals surface area contributed by atoms with Gasteiger partial charge in [-0.05, 0) is 73.5 Å². The fourth-order valence-corrected chi connectivity index (χ4v) is 3.57. The summed E-state index contributed by atoms with van der Waals surface area (Å²) in [6, 6.07) is 11.7. The van der Waals surface area contributed by atoms with Gasteiger partial charge in [0.05, 0.1) is 18.5 Å². The van der Waals surface area contributed by atoms with E-state index in [1.807, 2.05) is 73.5 Å². The Morgan fingerprint density at radius 2 is 1.88 bits per heavy atom. The van der Waals surface area contributed by atoms with E-state index in [1.165, 1.54) is 0 Å². The van der Waals surface area contributed by atoms with Crippen LogP contribution >= 0.6 is 0 Å². The highest BCUT2D eigenvalue weighted by molar-refractivity contribution is 6.10. The molecule has 0 aliphatic carbocycles. The molecule has 1 aromatic heterocycles. The summed E-state index contributed by atoms with van der Waals surface area (Å²) in [6.45, 7) is 4.02. The summed E-state index contributed by atoms with van der Waals surface area (Å²) in [4.78, 5) is 19.8. The average molecular weight is 344 g/mol. The Kier molecular flexibility index (Phi) is 3.76. The third-order valence-corrected chi connectivity index (χ3v) is 4.90. The van der Waals surface area contributed by atoms with E-state index in [1.54, 1.807) is 19.4 Å². The second-order valence-electron chi connectivity index (χ2n) is 6.68. The second kappa shape index (κ2) is 5.99. The summed E-state index contributed by atoms with van der Waals surface area (Å²) in [5, 5.41) is 0. The molecule has 0 saturated carbocycles. The largest absolute Gasteiger partial charge is 0.497 e. The number of hydrogen-bond donors (Lipinski definition) is 0. The first-order valence-electron chi connectivity index (χ1n) is 8.55. The van der Waals surface area contributed by atoms with Gasteiger partial charge in [-0.3, -0.25) is 9.78 Å². The molecular weight excluding hydrogens is 324 g/mol. The van der Waals surface area contributed by atoms with Gasteiger partial charge in [-0.25, -0.2) is 0 Å². The number of methoxy groups -OCH3 is 1. The van der Waals surface area contributed by atoms with Crippen molar-refractivity contribution in [1.82, 2.24) is 9.88 Å². The number of nitrogens with zero attached hydrogens (tertiary/aromatic N) is 2. The van der Waals surface area contributed by atoms with Gasteiger partial charge in [-0.15, -0.1) is 0 Å². The number of aromatic nitrogens is 1.